The Labute approximate surface area is 302 Å². The third kappa shape index (κ3) is 10.8. The summed E-state index contributed by atoms with van der Waals surface area (Å²) in [5.74, 6) is -2.61. The summed E-state index contributed by atoms with van der Waals surface area (Å²) in [4.78, 5) is 81.3. The van der Waals surface area contributed by atoms with Gasteiger partial charge in [-0.05, 0) is 40.6 Å². The zero-order chi connectivity index (χ0) is 38.1. The maximum absolute atomic E-state index is 14.4. The first-order valence-corrected chi connectivity index (χ1v) is 18.0. The smallest absolute Gasteiger partial charge is 0.407 e. The summed E-state index contributed by atoms with van der Waals surface area (Å²) >= 11 is 0. The fourth-order valence-corrected chi connectivity index (χ4v) is 6.73. The number of benzene rings is 1. The van der Waals surface area contributed by atoms with Gasteiger partial charge in [0.15, 0.2) is 0 Å². The van der Waals surface area contributed by atoms with Crippen LogP contribution in [0.4, 0.5) is 9.59 Å². The number of hydrogen-bond donors (Lipinski definition) is 5. The highest BCUT2D eigenvalue weighted by Crippen LogP contribution is 2.65. The van der Waals surface area contributed by atoms with E-state index >= 15 is 0 Å². The first kappa shape index (κ1) is 41.0. The lowest BCUT2D eigenvalue weighted by molar-refractivity contribution is -0.145. The minimum atomic E-state index is -1.04. The van der Waals surface area contributed by atoms with Crippen LogP contribution in [0.3, 0.4) is 0 Å². The standard InChI is InChI=1S/C38H58N6O7/c1-10-12-18-26(30(45)33(47)39-19-11-2)41-32(46)29-28-25(38(28,8)9)21-44(29)34(48)31(37(5,6)7)43-35(49)42-27(23(3)4)20-40-36(50)51-22-24-16-14-13-15-17-24/h11,13-17,23,25-29,31H,2,10,12,18-22H2,1,3-9H3,(H,39,47)(H,40,50)(H,41,46)(H2,42,43,49)/t25-,26?,27-,28-,29-,31+/m0/s1. The number of piperidine rings is 1. The Kier molecular flexibility index (Phi) is 14.2. The van der Waals surface area contributed by atoms with Crippen LogP contribution in [0.25, 0.3) is 0 Å². The molecule has 1 aliphatic heterocycles. The van der Waals surface area contributed by atoms with E-state index in [9.17, 15) is 28.8 Å². The number of amides is 6. The van der Waals surface area contributed by atoms with E-state index in [1.807, 2.05) is 71.9 Å². The van der Waals surface area contributed by atoms with Crippen LogP contribution in [0.15, 0.2) is 43.0 Å². The molecule has 1 saturated carbocycles. The van der Waals surface area contributed by atoms with E-state index in [0.29, 0.717) is 13.0 Å². The molecule has 282 valence electrons. The van der Waals surface area contributed by atoms with Crippen molar-refractivity contribution >= 4 is 35.6 Å². The molecule has 3 rings (SSSR count). The normalized spacial score (nSPS) is 20.6. The average molecular weight is 711 g/mol. The first-order chi connectivity index (χ1) is 23.9. The Balaban J connectivity index is 1.72. The van der Waals surface area contributed by atoms with Crippen molar-refractivity contribution in [3.8, 4) is 0 Å². The van der Waals surface area contributed by atoms with Crippen LogP contribution in [0.5, 0.6) is 0 Å². The maximum Gasteiger partial charge on any atom is 0.407 e. The molecule has 1 aliphatic carbocycles. The number of alkyl carbamates (subject to hydrolysis) is 1. The summed E-state index contributed by atoms with van der Waals surface area (Å²) in [5.41, 5.74) is -0.100. The highest BCUT2D eigenvalue weighted by molar-refractivity contribution is 6.38. The van der Waals surface area contributed by atoms with Gasteiger partial charge in [0, 0.05) is 19.6 Å². The maximum atomic E-state index is 14.4. The van der Waals surface area contributed by atoms with E-state index in [1.165, 1.54) is 11.0 Å². The van der Waals surface area contributed by atoms with Crippen molar-refractivity contribution in [2.24, 2.45) is 28.6 Å². The van der Waals surface area contributed by atoms with Crippen molar-refractivity contribution in [3.63, 3.8) is 0 Å². The van der Waals surface area contributed by atoms with Crippen LogP contribution in [0, 0.1) is 28.6 Å². The summed E-state index contributed by atoms with van der Waals surface area (Å²) in [5, 5.41) is 13.7. The number of nitrogens with zero attached hydrogens (tertiary/aromatic N) is 1. The first-order valence-electron chi connectivity index (χ1n) is 18.0. The Morgan fingerprint density at radius 1 is 1.02 bits per heavy atom. The number of hydrogen-bond acceptors (Lipinski definition) is 7. The third-order valence-corrected chi connectivity index (χ3v) is 10.1. The van der Waals surface area contributed by atoms with Crippen LogP contribution >= 0.6 is 0 Å². The molecule has 0 spiro atoms. The number of carbonyl (C=O) groups is 6. The molecule has 0 bridgehead atoms. The van der Waals surface area contributed by atoms with Gasteiger partial charge in [-0.15, -0.1) is 6.58 Å². The number of Topliss-reactive ketones (excluding diaryl/α,β-unsaturated/α-hetero) is 1. The Morgan fingerprint density at radius 2 is 1.69 bits per heavy atom. The molecule has 1 saturated heterocycles. The van der Waals surface area contributed by atoms with Gasteiger partial charge in [-0.3, -0.25) is 19.2 Å². The molecule has 1 aromatic carbocycles. The number of fused-ring (bicyclic) bond motifs is 1. The van der Waals surface area contributed by atoms with E-state index < -0.39 is 65.2 Å². The highest BCUT2D eigenvalue weighted by Gasteiger charge is 2.70. The second kappa shape index (κ2) is 17.7. The minimum Gasteiger partial charge on any atom is -0.445 e. The number of unbranched alkanes of at least 4 members (excludes halogenated alkanes) is 1. The highest BCUT2D eigenvalue weighted by atomic mass is 16.5. The molecule has 2 fully saturated rings. The van der Waals surface area contributed by atoms with E-state index in [4.69, 9.17) is 4.74 Å². The molecule has 13 nitrogen and oxygen atoms in total. The molecule has 2 aliphatic rings. The van der Waals surface area contributed by atoms with Gasteiger partial charge in [-0.2, -0.15) is 0 Å². The van der Waals surface area contributed by atoms with Gasteiger partial charge >= 0.3 is 12.1 Å². The number of rotatable bonds is 17. The molecule has 51 heavy (non-hydrogen) atoms. The predicted octanol–water partition coefficient (Wildman–Crippen LogP) is 3.68. The second-order valence-electron chi connectivity index (χ2n) is 15.7. The summed E-state index contributed by atoms with van der Waals surface area (Å²) in [6.07, 6.45) is 2.50. The van der Waals surface area contributed by atoms with Crippen molar-refractivity contribution < 1.29 is 33.5 Å². The van der Waals surface area contributed by atoms with E-state index in [0.717, 1.165) is 12.0 Å². The van der Waals surface area contributed by atoms with Crippen molar-refractivity contribution in [2.45, 2.75) is 105 Å². The molecule has 0 aromatic heterocycles. The third-order valence-electron chi connectivity index (χ3n) is 10.1. The van der Waals surface area contributed by atoms with E-state index in [-0.39, 0.29) is 49.3 Å². The van der Waals surface area contributed by atoms with Crippen LogP contribution in [-0.2, 0) is 30.5 Å². The summed E-state index contributed by atoms with van der Waals surface area (Å²) in [6.45, 7) is 19.6. The Bertz CT molecular complexity index is 1420. The molecule has 1 unspecified atom stereocenters. The van der Waals surface area contributed by atoms with Crippen LogP contribution in [-0.4, -0.2) is 84.3 Å². The van der Waals surface area contributed by atoms with Crippen LogP contribution < -0.4 is 26.6 Å². The second-order valence-corrected chi connectivity index (χ2v) is 15.7. The Hall–Kier alpha value is -4.42. The lowest BCUT2D eigenvalue weighted by Crippen LogP contribution is -2.62. The van der Waals surface area contributed by atoms with Gasteiger partial charge < -0.3 is 36.2 Å². The number of carbonyl (C=O) groups excluding carboxylic acids is 6. The molecule has 0 radical (unpaired) electrons. The minimum absolute atomic E-state index is 0.0605. The lowest BCUT2D eigenvalue weighted by atomic mass is 9.85. The SMILES string of the molecule is C=CCNC(=O)C(=O)C(CCCC)NC(=O)[C@@H]1[C@@H]2[C@H](CN1C(=O)[C@@H](NC(=O)N[C@@H](CNC(=O)OCc1ccccc1)C(C)C)C(C)(C)C)C2(C)C. The summed E-state index contributed by atoms with van der Waals surface area (Å²) in [6, 6.07) is 5.27. The number of urea groups is 1. The van der Waals surface area contributed by atoms with Crippen molar-refractivity contribution in [2.75, 3.05) is 19.6 Å². The molecule has 13 heteroatoms. The number of ether oxygens (including phenoxy) is 1. The molecule has 6 atom stereocenters. The van der Waals surface area contributed by atoms with Crippen molar-refractivity contribution in [1.29, 1.82) is 0 Å². The molecule has 1 aromatic rings. The monoisotopic (exact) mass is 710 g/mol. The molecule has 5 N–H and O–H groups in total. The fourth-order valence-electron chi connectivity index (χ4n) is 6.73. The van der Waals surface area contributed by atoms with E-state index in [2.05, 4.69) is 47.0 Å². The topological polar surface area (TPSA) is 175 Å². The molecular weight excluding hydrogens is 652 g/mol. The van der Waals surface area contributed by atoms with Crippen LogP contribution in [0.2, 0.25) is 0 Å². The van der Waals surface area contributed by atoms with Gasteiger partial charge in [0.1, 0.15) is 18.7 Å². The molecule has 6 amide bonds. The fraction of sp³-hybridized carbons (Fsp3) is 0.632. The average Bonchev–Trinajstić information content (AvgIpc) is 3.38. The zero-order valence-corrected chi connectivity index (χ0v) is 31.5. The van der Waals surface area contributed by atoms with Gasteiger partial charge in [0.2, 0.25) is 17.6 Å². The van der Waals surface area contributed by atoms with Crippen molar-refractivity contribution in [3.05, 3.63) is 48.6 Å². The zero-order valence-electron chi connectivity index (χ0n) is 31.5. The summed E-state index contributed by atoms with van der Waals surface area (Å²) in [7, 11) is 0. The van der Waals surface area contributed by atoms with Gasteiger partial charge in [0.05, 0.1) is 12.1 Å². The lowest BCUT2D eigenvalue weighted by Gasteiger charge is -2.38. The number of likely N-dealkylation sites (tertiary alicyclic amines) is 1. The largest absolute Gasteiger partial charge is 0.445 e. The van der Waals surface area contributed by atoms with E-state index in [1.54, 1.807) is 0 Å². The number of nitrogens with one attached hydrogen (secondary N) is 5. The molecular formula is C38H58N6O7. The Morgan fingerprint density at radius 3 is 2.27 bits per heavy atom. The van der Waals surface area contributed by atoms with Crippen molar-refractivity contribution in [1.82, 2.24) is 31.5 Å². The van der Waals surface area contributed by atoms with Gasteiger partial charge in [-0.25, -0.2) is 9.59 Å². The van der Waals surface area contributed by atoms with Gasteiger partial charge in [0.25, 0.3) is 5.91 Å². The number of ketones is 1. The molecule has 1 heterocycles. The van der Waals surface area contributed by atoms with Crippen LogP contribution in [0.1, 0.15) is 80.2 Å². The predicted molar refractivity (Wildman–Crippen MR) is 194 cm³/mol. The quantitative estimate of drug-likeness (QED) is 0.121. The van der Waals surface area contributed by atoms with Gasteiger partial charge in [-0.1, -0.05) is 105 Å². The summed E-state index contributed by atoms with van der Waals surface area (Å²) < 4.78 is 5.30.